The van der Waals surface area contributed by atoms with Crippen LogP contribution in [0.5, 0.6) is 0 Å². The van der Waals surface area contributed by atoms with Crippen LogP contribution in [0.3, 0.4) is 0 Å². The van der Waals surface area contributed by atoms with Crippen molar-refractivity contribution >= 4 is 23.8 Å². The molecule has 0 saturated carbocycles. The lowest BCUT2D eigenvalue weighted by molar-refractivity contribution is 0.656. The Morgan fingerprint density at radius 3 is 1.70 bits per heavy atom. The molecule has 3 rings (SSSR count). The number of hydrogen-bond acceptors (Lipinski definition) is 1. The van der Waals surface area contributed by atoms with Gasteiger partial charge in [-0.25, -0.2) is 0 Å². The van der Waals surface area contributed by atoms with Gasteiger partial charge < -0.3 is 5.32 Å². The van der Waals surface area contributed by atoms with Gasteiger partial charge in [-0.1, -0.05) is 84.9 Å². The van der Waals surface area contributed by atoms with Gasteiger partial charge in [0.2, 0.25) is 0 Å². The van der Waals surface area contributed by atoms with Gasteiger partial charge in [0, 0.05) is 6.04 Å². The van der Waals surface area contributed by atoms with Gasteiger partial charge in [0.25, 0.3) is 0 Å². The molecule has 3 aromatic carbocycles. The fraction of sp³-hybridized carbons (Fsp3) is 0.143. The van der Waals surface area contributed by atoms with E-state index in [2.05, 4.69) is 97.2 Å². The van der Waals surface area contributed by atoms with Gasteiger partial charge in [-0.15, -0.1) is 0 Å². The molecule has 0 aliphatic heterocycles. The van der Waals surface area contributed by atoms with Crippen molar-refractivity contribution in [2.24, 2.45) is 0 Å². The number of hydrogen-bond donors (Lipinski definition) is 1. The van der Waals surface area contributed by atoms with Gasteiger partial charge in [-0.3, -0.25) is 0 Å². The summed E-state index contributed by atoms with van der Waals surface area (Å²) in [5.41, 5.74) is 1.38. The summed E-state index contributed by atoms with van der Waals surface area (Å²) in [6.07, 6.45) is 0. The van der Waals surface area contributed by atoms with Crippen LogP contribution in [0.4, 0.5) is 0 Å². The van der Waals surface area contributed by atoms with Crippen LogP contribution >= 0.6 is 7.92 Å². The summed E-state index contributed by atoms with van der Waals surface area (Å²) in [6.45, 7) is 2.22. The predicted octanol–water partition coefficient (Wildman–Crippen LogP) is 3.73. The van der Waals surface area contributed by atoms with Crippen LogP contribution in [0.25, 0.3) is 0 Å². The molecule has 116 valence electrons. The summed E-state index contributed by atoms with van der Waals surface area (Å²) in [7, 11) is 1.48. The zero-order chi connectivity index (χ0) is 16.1. The third-order valence-electron chi connectivity index (χ3n) is 4.11. The average molecular weight is 319 g/mol. The molecular formula is C21H22NP. The second-order valence-electron chi connectivity index (χ2n) is 5.58. The van der Waals surface area contributed by atoms with Crippen molar-refractivity contribution in [3.8, 4) is 0 Å². The van der Waals surface area contributed by atoms with Gasteiger partial charge in [-0.05, 0) is 43.4 Å². The minimum Gasteiger partial charge on any atom is -0.313 e. The van der Waals surface area contributed by atoms with Crippen LogP contribution in [0.15, 0.2) is 84.9 Å². The van der Waals surface area contributed by atoms with Gasteiger partial charge in [0.15, 0.2) is 0 Å². The molecule has 1 atom stereocenters. The Hall–Kier alpha value is -1.95. The Morgan fingerprint density at radius 1 is 0.696 bits per heavy atom. The van der Waals surface area contributed by atoms with E-state index in [1.807, 2.05) is 7.05 Å². The molecule has 1 nitrogen and oxygen atoms in total. The van der Waals surface area contributed by atoms with Crippen LogP contribution in [0.2, 0.25) is 0 Å². The molecule has 2 heteroatoms. The van der Waals surface area contributed by atoms with E-state index >= 15 is 0 Å². The third-order valence-corrected chi connectivity index (χ3v) is 6.62. The maximum Gasteiger partial charge on any atom is 0.0295 e. The summed E-state index contributed by atoms with van der Waals surface area (Å²) in [4.78, 5) is 0. The number of benzene rings is 3. The minimum atomic E-state index is -0.545. The Bertz CT molecular complexity index is 701. The summed E-state index contributed by atoms with van der Waals surface area (Å²) in [6, 6.07) is 30.9. The van der Waals surface area contributed by atoms with Crippen molar-refractivity contribution in [1.82, 2.24) is 5.32 Å². The van der Waals surface area contributed by atoms with Crippen LogP contribution in [0, 0.1) is 0 Å². The van der Waals surface area contributed by atoms with E-state index in [0.29, 0.717) is 6.04 Å². The lowest BCUT2D eigenvalue weighted by Crippen LogP contribution is -2.26. The molecule has 0 saturated heterocycles. The Morgan fingerprint density at radius 2 is 1.17 bits per heavy atom. The molecule has 0 heterocycles. The van der Waals surface area contributed by atoms with Crippen LogP contribution in [-0.4, -0.2) is 7.05 Å². The highest BCUT2D eigenvalue weighted by Gasteiger charge is 2.20. The molecule has 0 amide bonds. The molecular weight excluding hydrogens is 297 g/mol. The summed E-state index contributed by atoms with van der Waals surface area (Å²) >= 11 is 0. The van der Waals surface area contributed by atoms with E-state index in [4.69, 9.17) is 0 Å². The normalized spacial score (nSPS) is 12.3. The van der Waals surface area contributed by atoms with E-state index in [1.165, 1.54) is 21.5 Å². The van der Waals surface area contributed by atoms with Gasteiger partial charge in [0.05, 0.1) is 0 Å². The summed E-state index contributed by atoms with van der Waals surface area (Å²) in [5, 5.41) is 7.61. The highest BCUT2D eigenvalue weighted by molar-refractivity contribution is 7.79. The standard InChI is InChI=1S/C21H22NP/c1-17(22-2)20-15-9-10-16-21(20)23(18-11-5-3-6-12-18)19-13-7-4-8-14-19/h3-17,22H,1-2H3. The molecule has 0 aliphatic carbocycles. The Balaban J connectivity index is 2.18. The quantitative estimate of drug-likeness (QED) is 0.707. The zero-order valence-corrected chi connectivity index (χ0v) is 14.5. The Labute approximate surface area is 140 Å². The molecule has 1 N–H and O–H groups in total. The maximum atomic E-state index is 3.39. The molecule has 0 radical (unpaired) electrons. The lowest BCUT2D eigenvalue weighted by Gasteiger charge is -2.24. The Kier molecular flexibility index (Phi) is 5.23. The van der Waals surface area contributed by atoms with Gasteiger partial charge in [-0.2, -0.15) is 0 Å². The molecule has 3 aromatic rings. The van der Waals surface area contributed by atoms with Gasteiger partial charge in [0.1, 0.15) is 0 Å². The summed E-state index contributed by atoms with van der Waals surface area (Å²) < 4.78 is 0. The first-order valence-corrected chi connectivity index (χ1v) is 9.32. The molecule has 0 bridgehead atoms. The van der Waals surface area contributed by atoms with Crippen LogP contribution < -0.4 is 21.2 Å². The van der Waals surface area contributed by atoms with Crippen molar-refractivity contribution in [1.29, 1.82) is 0 Å². The minimum absolute atomic E-state index is 0.337. The lowest BCUT2D eigenvalue weighted by atomic mass is 10.1. The molecule has 23 heavy (non-hydrogen) atoms. The first-order valence-electron chi connectivity index (χ1n) is 7.97. The highest BCUT2D eigenvalue weighted by atomic mass is 31.1. The van der Waals surface area contributed by atoms with E-state index < -0.39 is 7.92 Å². The molecule has 0 fully saturated rings. The first kappa shape index (κ1) is 15.9. The van der Waals surface area contributed by atoms with Crippen molar-refractivity contribution in [2.45, 2.75) is 13.0 Å². The van der Waals surface area contributed by atoms with Crippen molar-refractivity contribution in [2.75, 3.05) is 7.05 Å². The van der Waals surface area contributed by atoms with E-state index in [-0.39, 0.29) is 0 Å². The van der Waals surface area contributed by atoms with Crippen LogP contribution in [-0.2, 0) is 0 Å². The first-order chi connectivity index (χ1) is 11.3. The third kappa shape index (κ3) is 3.52. The monoisotopic (exact) mass is 319 g/mol. The number of rotatable bonds is 5. The largest absolute Gasteiger partial charge is 0.313 e. The second kappa shape index (κ2) is 7.55. The van der Waals surface area contributed by atoms with Crippen molar-refractivity contribution < 1.29 is 0 Å². The fourth-order valence-corrected chi connectivity index (χ4v) is 5.35. The second-order valence-corrected chi connectivity index (χ2v) is 7.76. The van der Waals surface area contributed by atoms with E-state index in [1.54, 1.807) is 0 Å². The smallest absolute Gasteiger partial charge is 0.0295 e. The van der Waals surface area contributed by atoms with E-state index in [9.17, 15) is 0 Å². The molecule has 0 spiro atoms. The van der Waals surface area contributed by atoms with Crippen molar-refractivity contribution in [3.63, 3.8) is 0 Å². The maximum absolute atomic E-state index is 3.39. The highest BCUT2D eigenvalue weighted by Crippen LogP contribution is 2.35. The topological polar surface area (TPSA) is 12.0 Å². The SMILES string of the molecule is CNC(C)c1ccccc1P(c1ccccc1)c1ccccc1. The zero-order valence-electron chi connectivity index (χ0n) is 13.6. The number of nitrogens with one attached hydrogen (secondary N) is 1. The van der Waals surface area contributed by atoms with Crippen molar-refractivity contribution in [3.05, 3.63) is 90.5 Å². The molecule has 1 unspecified atom stereocenters. The van der Waals surface area contributed by atoms with Gasteiger partial charge >= 0.3 is 0 Å². The molecule has 0 aliphatic rings. The predicted molar refractivity (Wildman–Crippen MR) is 103 cm³/mol. The average Bonchev–Trinajstić information content (AvgIpc) is 2.63. The molecule has 0 aromatic heterocycles. The van der Waals surface area contributed by atoms with Crippen LogP contribution in [0.1, 0.15) is 18.5 Å². The van der Waals surface area contributed by atoms with E-state index in [0.717, 1.165) is 0 Å². The fourth-order valence-electron chi connectivity index (χ4n) is 2.79. The summed E-state index contributed by atoms with van der Waals surface area (Å²) in [5.74, 6) is 0.